The number of amides is 2. The Labute approximate surface area is 155 Å². The second kappa shape index (κ2) is 7.69. The Kier molecular flexibility index (Phi) is 5.36. The van der Waals surface area contributed by atoms with E-state index in [1.54, 1.807) is 11.3 Å². The van der Waals surface area contributed by atoms with Crippen LogP contribution < -0.4 is 15.8 Å². The van der Waals surface area contributed by atoms with Gasteiger partial charge in [0.05, 0.1) is 10.9 Å². The third-order valence-corrected chi connectivity index (χ3v) is 5.54. The highest BCUT2D eigenvalue weighted by atomic mass is 32.2. The van der Waals surface area contributed by atoms with Crippen LogP contribution in [0.2, 0.25) is 0 Å². The van der Waals surface area contributed by atoms with Crippen molar-refractivity contribution >= 4 is 33.1 Å². The Bertz CT molecular complexity index is 970. The van der Waals surface area contributed by atoms with E-state index in [4.69, 9.17) is 5.14 Å². The third-order valence-electron chi connectivity index (χ3n) is 3.68. The molecule has 0 fully saturated rings. The monoisotopic (exact) mass is 387 g/mol. The van der Waals surface area contributed by atoms with Crippen molar-refractivity contribution in [2.75, 3.05) is 5.32 Å². The van der Waals surface area contributed by atoms with Crippen LogP contribution in [0.5, 0.6) is 0 Å². The average Bonchev–Trinajstić information content (AvgIpc) is 3.14. The summed E-state index contributed by atoms with van der Waals surface area (Å²) in [5.41, 5.74) is 1.43. The number of hydrogen-bond donors (Lipinski definition) is 3. The Morgan fingerprint density at radius 2 is 1.65 bits per heavy atom. The zero-order chi connectivity index (χ0) is 18.6. The van der Waals surface area contributed by atoms with Gasteiger partial charge in [-0.1, -0.05) is 36.4 Å². The van der Waals surface area contributed by atoms with Gasteiger partial charge in [-0.15, -0.1) is 11.3 Å². The number of urea groups is 1. The minimum absolute atomic E-state index is 0.00999. The van der Waals surface area contributed by atoms with Crippen molar-refractivity contribution in [3.63, 3.8) is 0 Å². The number of nitrogens with two attached hydrogens (primary N) is 1. The molecule has 2 amide bonds. The van der Waals surface area contributed by atoms with E-state index in [0.717, 1.165) is 10.4 Å². The van der Waals surface area contributed by atoms with Crippen LogP contribution in [0, 0.1) is 0 Å². The molecule has 8 heteroatoms. The van der Waals surface area contributed by atoms with Gasteiger partial charge in [-0.2, -0.15) is 0 Å². The first kappa shape index (κ1) is 18.1. The number of carbonyl (C=O) groups is 1. The van der Waals surface area contributed by atoms with Crippen LogP contribution >= 0.6 is 11.3 Å². The minimum atomic E-state index is -3.76. The van der Waals surface area contributed by atoms with E-state index in [2.05, 4.69) is 10.6 Å². The molecule has 26 heavy (non-hydrogen) atoms. The fourth-order valence-corrected chi connectivity index (χ4v) is 3.76. The Balaban J connectivity index is 1.74. The molecular formula is C18H17N3O3S2. The van der Waals surface area contributed by atoms with E-state index in [0.29, 0.717) is 5.69 Å². The second-order valence-corrected chi connectivity index (χ2v) is 8.07. The number of nitrogens with one attached hydrogen (secondary N) is 2. The number of carbonyl (C=O) groups excluding carboxylic acids is 1. The molecule has 1 heterocycles. The van der Waals surface area contributed by atoms with Gasteiger partial charge in [0.15, 0.2) is 0 Å². The number of benzene rings is 2. The summed E-state index contributed by atoms with van der Waals surface area (Å²) >= 11 is 1.56. The summed E-state index contributed by atoms with van der Waals surface area (Å²) in [6.07, 6.45) is 0. The zero-order valence-electron chi connectivity index (χ0n) is 13.6. The van der Waals surface area contributed by atoms with Crippen molar-refractivity contribution in [3.8, 4) is 0 Å². The van der Waals surface area contributed by atoms with Gasteiger partial charge >= 0.3 is 6.03 Å². The summed E-state index contributed by atoms with van der Waals surface area (Å²) in [4.78, 5) is 13.4. The van der Waals surface area contributed by atoms with Gasteiger partial charge in [-0.05, 0) is 41.3 Å². The van der Waals surface area contributed by atoms with Crippen LogP contribution in [-0.4, -0.2) is 14.4 Å². The van der Waals surface area contributed by atoms with Gasteiger partial charge in [-0.3, -0.25) is 0 Å². The van der Waals surface area contributed by atoms with Crippen LogP contribution in [-0.2, 0) is 10.0 Å². The van der Waals surface area contributed by atoms with E-state index < -0.39 is 16.1 Å². The number of hydrogen-bond acceptors (Lipinski definition) is 4. The lowest BCUT2D eigenvalue weighted by Crippen LogP contribution is -2.32. The van der Waals surface area contributed by atoms with E-state index in [1.165, 1.54) is 24.3 Å². The molecule has 4 N–H and O–H groups in total. The molecular weight excluding hydrogens is 370 g/mol. The van der Waals surface area contributed by atoms with Crippen molar-refractivity contribution in [1.29, 1.82) is 0 Å². The second-order valence-electron chi connectivity index (χ2n) is 5.53. The lowest BCUT2D eigenvalue weighted by Gasteiger charge is -2.18. The Morgan fingerprint density at radius 1 is 0.962 bits per heavy atom. The molecule has 0 aliphatic carbocycles. The molecule has 0 unspecified atom stereocenters. The number of rotatable bonds is 5. The molecule has 0 aliphatic rings. The quantitative estimate of drug-likeness (QED) is 0.626. The molecule has 0 spiro atoms. The molecule has 3 aromatic rings. The van der Waals surface area contributed by atoms with Gasteiger partial charge < -0.3 is 10.6 Å². The normalized spacial score (nSPS) is 12.3. The average molecular weight is 387 g/mol. The molecule has 134 valence electrons. The van der Waals surface area contributed by atoms with Crippen LogP contribution in [0.4, 0.5) is 10.5 Å². The van der Waals surface area contributed by atoms with E-state index in [9.17, 15) is 13.2 Å². The zero-order valence-corrected chi connectivity index (χ0v) is 15.3. The van der Waals surface area contributed by atoms with E-state index in [1.807, 2.05) is 47.8 Å². The molecule has 0 radical (unpaired) electrons. The Hall–Kier alpha value is -2.68. The van der Waals surface area contributed by atoms with Crippen molar-refractivity contribution in [3.05, 3.63) is 82.6 Å². The number of anilines is 1. The SMILES string of the molecule is NS(=O)(=O)c1ccc(NC(=O)N[C@H](c2ccccc2)c2cccs2)cc1. The fourth-order valence-electron chi connectivity index (χ4n) is 2.45. The smallest absolute Gasteiger partial charge is 0.320 e. The minimum Gasteiger partial charge on any atom is -0.326 e. The van der Waals surface area contributed by atoms with Crippen LogP contribution in [0.15, 0.2) is 77.0 Å². The highest BCUT2D eigenvalue weighted by molar-refractivity contribution is 7.89. The van der Waals surface area contributed by atoms with E-state index >= 15 is 0 Å². The Morgan fingerprint density at radius 3 is 2.23 bits per heavy atom. The van der Waals surface area contributed by atoms with Crippen molar-refractivity contribution in [2.24, 2.45) is 5.14 Å². The molecule has 1 atom stereocenters. The predicted octanol–water partition coefficient (Wildman–Crippen LogP) is 3.31. The molecule has 0 aliphatic heterocycles. The van der Waals surface area contributed by atoms with Gasteiger partial charge in [-0.25, -0.2) is 18.4 Å². The highest BCUT2D eigenvalue weighted by Gasteiger charge is 2.18. The van der Waals surface area contributed by atoms with Crippen LogP contribution in [0.1, 0.15) is 16.5 Å². The lowest BCUT2D eigenvalue weighted by atomic mass is 10.1. The van der Waals surface area contributed by atoms with E-state index in [-0.39, 0.29) is 10.9 Å². The molecule has 6 nitrogen and oxygen atoms in total. The summed E-state index contributed by atoms with van der Waals surface area (Å²) in [5, 5.41) is 12.7. The molecule has 0 saturated heterocycles. The van der Waals surface area contributed by atoms with Crippen LogP contribution in [0.3, 0.4) is 0 Å². The number of sulfonamides is 1. The maximum Gasteiger partial charge on any atom is 0.320 e. The summed E-state index contributed by atoms with van der Waals surface area (Å²) in [5.74, 6) is 0. The number of thiophene rings is 1. The predicted molar refractivity (Wildman–Crippen MR) is 103 cm³/mol. The topological polar surface area (TPSA) is 101 Å². The first-order valence-electron chi connectivity index (χ1n) is 7.72. The maximum atomic E-state index is 12.4. The first-order valence-corrected chi connectivity index (χ1v) is 10.1. The molecule has 2 aromatic carbocycles. The van der Waals surface area contributed by atoms with Gasteiger partial charge in [0.2, 0.25) is 10.0 Å². The standard InChI is InChI=1S/C18H17N3O3S2/c19-26(23,24)15-10-8-14(9-11-15)20-18(22)21-17(16-7-4-12-25-16)13-5-2-1-3-6-13/h1-12,17H,(H2,19,23,24)(H2,20,21,22)/t17-/m1/s1. The first-order chi connectivity index (χ1) is 12.4. The van der Waals surface area contributed by atoms with Crippen molar-refractivity contribution < 1.29 is 13.2 Å². The maximum absolute atomic E-state index is 12.4. The fraction of sp³-hybridized carbons (Fsp3) is 0.0556. The van der Waals surface area contributed by atoms with Crippen LogP contribution in [0.25, 0.3) is 0 Å². The van der Waals surface area contributed by atoms with Crippen molar-refractivity contribution in [1.82, 2.24) is 5.32 Å². The van der Waals surface area contributed by atoms with Gasteiger partial charge in [0.1, 0.15) is 0 Å². The molecule has 0 saturated carbocycles. The summed E-state index contributed by atoms with van der Waals surface area (Å²) < 4.78 is 22.6. The van der Waals surface area contributed by atoms with Gasteiger partial charge in [0, 0.05) is 10.6 Å². The molecule has 3 rings (SSSR count). The summed E-state index contributed by atoms with van der Waals surface area (Å²) in [6.45, 7) is 0. The third kappa shape index (κ3) is 4.48. The number of primary sulfonamides is 1. The highest BCUT2D eigenvalue weighted by Crippen LogP contribution is 2.26. The molecule has 1 aromatic heterocycles. The largest absolute Gasteiger partial charge is 0.326 e. The lowest BCUT2D eigenvalue weighted by molar-refractivity contribution is 0.250. The van der Waals surface area contributed by atoms with Gasteiger partial charge in [0.25, 0.3) is 0 Å². The summed E-state index contributed by atoms with van der Waals surface area (Å²) in [7, 11) is -3.76. The molecule has 0 bridgehead atoms. The van der Waals surface area contributed by atoms with Crippen molar-refractivity contribution in [2.45, 2.75) is 10.9 Å². The summed E-state index contributed by atoms with van der Waals surface area (Å²) in [6, 6.07) is 18.5.